The summed E-state index contributed by atoms with van der Waals surface area (Å²) in [7, 11) is 0. The third-order valence-corrected chi connectivity index (χ3v) is 4.50. The SMILES string of the molecule is CCNC(=NCc1coc(-c2ccccc2)n1)NCCc1cccs1. The Morgan fingerprint density at radius 1 is 1.16 bits per heavy atom. The minimum Gasteiger partial charge on any atom is -0.444 e. The second-order valence-electron chi connectivity index (χ2n) is 5.46. The molecule has 0 unspecified atom stereocenters. The van der Waals surface area contributed by atoms with E-state index in [1.165, 1.54) is 4.88 Å². The summed E-state index contributed by atoms with van der Waals surface area (Å²) < 4.78 is 5.55. The molecule has 0 saturated carbocycles. The van der Waals surface area contributed by atoms with Crippen molar-refractivity contribution < 1.29 is 4.42 Å². The molecule has 6 heteroatoms. The summed E-state index contributed by atoms with van der Waals surface area (Å²) in [5.74, 6) is 1.42. The summed E-state index contributed by atoms with van der Waals surface area (Å²) in [5.41, 5.74) is 1.79. The van der Waals surface area contributed by atoms with Gasteiger partial charge in [-0.15, -0.1) is 11.3 Å². The number of aliphatic imine (C=N–C) groups is 1. The monoisotopic (exact) mass is 354 g/mol. The average molecular weight is 354 g/mol. The number of benzene rings is 1. The van der Waals surface area contributed by atoms with E-state index in [2.05, 4.69) is 45.0 Å². The lowest BCUT2D eigenvalue weighted by Gasteiger charge is -2.10. The van der Waals surface area contributed by atoms with E-state index in [9.17, 15) is 0 Å². The number of aromatic nitrogens is 1. The molecule has 130 valence electrons. The molecule has 0 fully saturated rings. The first-order valence-corrected chi connectivity index (χ1v) is 9.27. The second kappa shape index (κ2) is 9.03. The van der Waals surface area contributed by atoms with E-state index in [-0.39, 0.29) is 0 Å². The highest BCUT2D eigenvalue weighted by Gasteiger charge is 2.06. The van der Waals surface area contributed by atoms with Gasteiger partial charge in [0.2, 0.25) is 5.89 Å². The van der Waals surface area contributed by atoms with Gasteiger partial charge in [0.25, 0.3) is 0 Å². The van der Waals surface area contributed by atoms with Crippen LogP contribution >= 0.6 is 11.3 Å². The van der Waals surface area contributed by atoms with Gasteiger partial charge < -0.3 is 15.1 Å². The van der Waals surface area contributed by atoms with Gasteiger partial charge in [0, 0.05) is 23.5 Å². The highest BCUT2D eigenvalue weighted by molar-refractivity contribution is 7.09. The topological polar surface area (TPSA) is 62.5 Å². The van der Waals surface area contributed by atoms with Crippen LogP contribution in [0.2, 0.25) is 0 Å². The average Bonchev–Trinajstić information content (AvgIpc) is 3.32. The van der Waals surface area contributed by atoms with Crippen molar-refractivity contribution in [3.63, 3.8) is 0 Å². The van der Waals surface area contributed by atoms with E-state index in [0.29, 0.717) is 12.4 Å². The maximum atomic E-state index is 5.55. The van der Waals surface area contributed by atoms with Gasteiger partial charge in [-0.1, -0.05) is 24.3 Å². The maximum Gasteiger partial charge on any atom is 0.226 e. The molecule has 2 aromatic heterocycles. The van der Waals surface area contributed by atoms with Crippen molar-refractivity contribution in [2.24, 2.45) is 4.99 Å². The number of nitrogens with zero attached hydrogens (tertiary/aromatic N) is 2. The molecule has 0 aliphatic rings. The van der Waals surface area contributed by atoms with Crippen molar-refractivity contribution in [3.05, 3.63) is 64.7 Å². The maximum absolute atomic E-state index is 5.55. The van der Waals surface area contributed by atoms with Gasteiger partial charge in [0.15, 0.2) is 5.96 Å². The molecule has 25 heavy (non-hydrogen) atoms. The first kappa shape index (κ1) is 17.2. The molecule has 3 aromatic rings. The fourth-order valence-corrected chi connectivity index (χ4v) is 3.06. The molecule has 0 saturated heterocycles. The fourth-order valence-electron chi connectivity index (χ4n) is 2.35. The van der Waals surface area contributed by atoms with Gasteiger partial charge in [-0.2, -0.15) is 0 Å². The molecule has 3 rings (SSSR count). The van der Waals surface area contributed by atoms with Crippen molar-refractivity contribution in [2.45, 2.75) is 19.9 Å². The van der Waals surface area contributed by atoms with Gasteiger partial charge in [-0.05, 0) is 36.9 Å². The molecule has 2 N–H and O–H groups in total. The molecule has 0 aliphatic heterocycles. The first-order valence-electron chi connectivity index (χ1n) is 8.39. The quantitative estimate of drug-likeness (QED) is 0.502. The van der Waals surface area contributed by atoms with E-state index < -0.39 is 0 Å². The molecule has 5 nitrogen and oxygen atoms in total. The zero-order valence-corrected chi connectivity index (χ0v) is 15.1. The summed E-state index contributed by atoms with van der Waals surface area (Å²) in [6, 6.07) is 14.1. The number of rotatable bonds is 7. The van der Waals surface area contributed by atoms with Crippen LogP contribution in [0.5, 0.6) is 0 Å². The highest BCUT2D eigenvalue weighted by atomic mass is 32.1. The van der Waals surface area contributed by atoms with Crippen LogP contribution in [0.15, 0.2) is 63.5 Å². The number of guanidine groups is 1. The van der Waals surface area contributed by atoms with Crippen LogP contribution in [0, 0.1) is 0 Å². The van der Waals surface area contributed by atoms with Gasteiger partial charge in [-0.25, -0.2) is 9.98 Å². The van der Waals surface area contributed by atoms with E-state index in [1.54, 1.807) is 17.6 Å². The zero-order valence-electron chi connectivity index (χ0n) is 14.2. The van der Waals surface area contributed by atoms with E-state index in [1.807, 2.05) is 30.3 Å². The Morgan fingerprint density at radius 3 is 2.80 bits per heavy atom. The molecule has 1 aromatic carbocycles. The summed E-state index contributed by atoms with van der Waals surface area (Å²) in [6.45, 7) is 4.20. The van der Waals surface area contributed by atoms with Crippen LogP contribution in [0.4, 0.5) is 0 Å². The fraction of sp³-hybridized carbons (Fsp3) is 0.263. The van der Waals surface area contributed by atoms with Crippen LogP contribution in [0.1, 0.15) is 17.5 Å². The Kier molecular flexibility index (Phi) is 6.23. The van der Waals surface area contributed by atoms with Crippen LogP contribution < -0.4 is 10.6 Å². The minimum absolute atomic E-state index is 0.477. The van der Waals surface area contributed by atoms with Crippen molar-refractivity contribution in [1.29, 1.82) is 0 Å². The van der Waals surface area contributed by atoms with Crippen molar-refractivity contribution in [1.82, 2.24) is 15.6 Å². The molecular formula is C19H22N4OS. The van der Waals surface area contributed by atoms with Crippen LogP contribution in [0.25, 0.3) is 11.5 Å². The van der Waals surface area contributed by atoms with E-state index in [4.69, 9.17) is 4.42 Å². The number of thiophene rings is 1. The third-order valence-electron chi connectivity index (χ3n) is 3.56. The Labute approximate surface area is 151 Å². The zero-order chi connectivity index (χ0) is 17.3. The Morgan fingerprint density at radius 2 is 2.04 bits per heavy atom. The molecule has 0 atom stereocenters. The largest absolute Gasteiger partial charge is 0.444 e. The summed E-state index contributed by atoms with van der Waals surface area (Å²) in [5, 5.41) is 8.71. The summed E-state index contributed by atoms with van der Waals surface area (Å²) in [6.07, 6.45) is 2.66. The highest BCUT2D eigenvalue weighted by Crippen LogP contribution is 2.18. The lowest BCUT2D eigenvalue weighted by molar-refractivity contribution is 0.572. The summed E-state index contributed by atoms with van der Waals surface area (Å²) in [4.78, 5) is 10.5. The molecule has 0 amide bonds. The van der Waals surface area contributed by atoms with Gasteiger partial charge >= 0.3 is 0 Å². The second-order valence-corrected chi connectivity index (χ2v) is 6.49. The molecular weight excluding hydrogens is 332 g/mol. The number of hydrogen-bond acceptors (Lipinski definition) is 4. The molecule has 0 spiro atoms. The van der Waals surface area contributed by atoms with Crippen LogP contribution in [-0.4, -0.2) is 24.0 Å². The van der Waals surface area contributed by atoms with E-state index in [0.717, 1.165) is 36.7 Å². The molecule has 0 aliphatic carbocycles. The lowest BCUT2D eigenvalue weighted by Crippen LogP contribution is -2.38. The lowest BCUT2D eigenvalue weighted by atomic mass is 10.2. The third kappa shape index (κ3) is 5.19. The smallest absolute Gasteiger partial charge is 0.226 e. The van der Waals surface area contributed by atoms with Crippen LogP contribution in [-0.2, 0) is 13.0 Å². The number of oxazole rings is 1. The Bertz CT molecular complexity index is 781. The Hall–Kier alpha value is -2.60. The number of nitrogens with one attached hydrogen (secondary N) is 2. The molecule has 0 bridgehead atoms. The van der Waals surface area contributed by atoms with Gasteiger partial charge in [0.05, 0.1) is 6.54 Å². The summed E-state index contributed by atoms with van der Waals surface area (Å²) >= 11 is 1.78. The first-order chi connectivity index (χ1) is 12.3. The van der Waals surface area contributed by atoms with Gasteiger partial charge in [-0.3, -0.25) is 0 Å². The van der Waals surface area contributed by atoms with Gasteiger partial charge in [0.1, 0.15) is 12.0 Å². The number of hydrogen-bond donors (Lipinski definition) is 2. The van der Waals surface area contributed by atoms with Crippen LogP contribution in [0.3, 0.4) is 0 Å². The molecule has 2 heterocycles. The predicted molar refractivity (Wildman–Crippen MR) is 103 cm³/mol. The van der Waals surface area contributed by atoms with Crippen molar-refractivity contribution in [3.8, 4) is 11.5 Å². The predicted octanol–water partition coefficient (Wildman–Crippen LogP) is 3.70. The Balaban J connectivity index is 1.56. The van der Waals surface area contributed by atoms with E-state index >= 15 is 0 Å². The van der Waals surface area contributed by atoms with Crippen molar-refractivity contribution in [2.75, 3.05) is 13.1 Å². The van der Waals surface area contributed by atoms with Crippen molar-refractivity contribution >= 4 is 17.3 Å². The normalized spacial score (nSPS) is 11.5. The standard InChI is InChI=1S/C19H22N4OS/c1-2-20-19(21-11-10-17-9-6-12-25-17)22-13-16-14-24-18(23-16)15-7-4-3-5-8-15/h3-9,12,14H,2,10-11,13H2,1H3,(H2,20,21,22). The minimum atomic E-state index is 0.477. The molecule has 0 radical (unpaired) electrons.